The van der Waals surface area contributed by atoms with E-state index < -0.39 is 11.8 Å². The van der Waals surface area contributed by atoms with Crippen molar-refractivity contribution in [3.05, 3.63) is 76.1 Å². The zero-order valence-electron chi connectivity index (χ0n) is 12.6. The SMILES string of the molecule is O=C1COC(Nc2ccccc2)=C1C(=O)OCc1ccccc1Br. The summed E-state index contributed by atoms with van der Waals surface area (Å²) < 4.78 is 11.4. The van der Waals surface area contributed by atoms with E-state index in [9.17, 15) is 9.59 Å². The monoisotopic (exact) mass is 387 g/mol. The number of para-hydroxylation sites is 1. The molecule has 2 aromatic carbocycles. The minimum absolute atomic E-state index is 0.0651. The molecule has 0 amide bonds. The van der Waals surface area contributed by atoms with Gasteiger partial charge in [-0.25, -0.2) is 4.79 Å². The fourth-order valence-electron chi connectivity index (χ4n) is 2.20. The van der Waals surface area contributed by atoms with Crippen molar-refractivity contribution in [3.8, 4) is 0 Å². The third kappa shape index (κ3) is 3.65. The lowest BCUT2D eigenvalue weighted by molar-refractivity contribution is -0.141. The molecule has 0 spiro atoms. The molecule has 0 atom stereocenters. The molecule has 6 heteroatoms. The van der Waals surface area contributed by atoms with Crippen LogP contribution in [0.15, 0.2) is 70.5 Å². The van der Waals surface area contributed by atoms with Crippen molar-refractivity contribution >= 4 is 33.4 Å². The molecule has 1 heterocycles. The van der Waals surface area contributed by atoms with E-state index in [1.54, 1.807) is 0 Å². The van der Waals surface area contributed by atoms with Crippen LogP contribution >= 0.6 is 15.9 Å². The van der Waals surface area contributed by atoms with Gasteiger partial charge in [-0.05, 0) is 18.2 Å². The van der Waals surface area contributed by atoms with E-state index in [1.807, 2.05) is 54.6 Å². The predicted molar refractivity (Wildman–Crippen MR) is 92.0 cm³/mol. The highest BCUT2D eigenvalue weighted by Crippen LogP contribution is 2.22. The van der Waals surface area contributed by atoms with Crippen LogP contribution < -0.4 is 5.32 Å². The first-order valence-electron chi connectivity index (χ1n) is 7.28. The highest BCUT2D eigenvalue weighted by Gasteiger charge is 2.32. The third-order valence-corrected chi connectivity index (χ3v) is 4.18. The predicted octanol–water partition coefficient (Wildman–Crippen LogP) is 3.42. The molecule has 1 aliphatic rings. The van der Waals surface area contributed by atoms with Crippen LogP contribution in [-0.2, 0) is 25.7 Å². The summed E-state index contributed by atoms with van der Waals surface area (Å²) in [5.74, 6) is -0.972. The summed E-state index contributed by atoms with van der Waals surface area (Å²) in [6.07, 6.45) is 0. The lowest BCUT2D eigenvalue weighted by Gasteiger charge is -2.09. The number of halogens is 1. The Hall–Kier alpha value is -2.60. The van der Waals surface area contributed by atoms with Crippen molar-refractivity contribution in [2.75, 3.05) is 11.9 Å². The molecule has 1 aliphatic heterocycles. The molecule has 3 rings (SSSR count). The fourth-order valence-corrected chi connectivity index (χ4v) is 2.60. The van der Waals surface area contributed by atoms with Crippen molar-refractivity contribution in [2.45, 2.75) is 6.61 Å². The summed E-state index contributed by atoms with van der Waals surface area (Å²) in [6, 6.07) is 16.6. The average Bonchev–Trinajstić information content (AvgIpc) is 2.95. The highest BCUT2D eigenvalue weighted by atomic mass is 79.9. The number of ketones is 1. The Morgan fingerprint density at radius 3 is 2.58 bits per heavy atom. The lowest BCUT2D eigenvalue weighted by Crippen LogP contribution is -2.16. The summed E-state index contributed by atoms with van der Waals surface area (Å²) in [5.41, 5.74) is 1.44. The van der Waals surface area contributed by atoms with E-state index in [0.717, 1.165) is 15.7 Å². The number of nitrogens with one attached hydrogen (secondary N) is 1. The first kappa shape index (κ1) is 16.3. The van der Waals surface area contributed by atoms with Crippen LogP contribution in [-0.4, -0.2) is 18.4 Å². The first-order chi connectivity index (χ1) is 11.6. The Morgan fingerprint density at radius 2 is 1.83 bits per heavy atom. The van der Waals surface area contributed by atoms with E-state index in [2.05, 4.69) is 21.2 Å². The van der Waals surface area contributed by atoms with Crippen LogP contribution in [0.1, 0.15) is 5.56 Å². The number of hydrogen-bond donors (Lipinski definition) is 1. The summed E-state index contributed by atoms with van der Waals surface area (Å²) in [4.78, 5) is 24.3. The zero-order chi connectivity index (χ0) is 16.9. The van der Waals surface area contributed by atoms with Gasteiger partial charge in [0.05, 0.1) is 0 Å². The standard InChI is InChI=1S/C18H14BrNO4/c19-14-9-5-4-6-12(14)10-24-18(22)16-15(21)11-23-17(16)20-13-7-2-1-3-8-13/h1-9,20H,10-11H2. The van der Waals surface area contributed by atoms with E-state index in [4.69, 9.17) is 9.47 Å². The van der Waals surface area contributed by atoms with Crippen molar-refractivity contribution < 1.29 is 19.1 Å². The van der Waals surface area contributed by atoms with Gasteiger partial charge in [0.2, 0.25) is 11.7 Å². The van der Waals surface area contributed by atoms with Gasteiger partial charge < -0.3 is 14.8 Å². The van der Waals surface area contributed by atoms with Crippen molar-refractivity contribution in [2.24, 2.45) is 0 Å². The van der Waals surface area contributed by atoms with E-state index in [-0.39, 0.29) is 24.7 Å². The summed E-state index contributed by atoms with van der Waals surface area (Å²) in [5, 5.41) is 2.94. The third-order valence-electron chi connectivity index (χ3n) is 3.41. The Bertz CT molecular complexity index is 802. The molecule has 0 radical (unpaired) electrons. The molecule has 1 N–H and O–H groups in total. The molecule has 0 bridgehead atoms. The number of carbonyl (C=O) groups is 2. The number of Topliss-reactive ketones (excluding diaryl/α,β-unsaturated/α-hetero) is 1. The second kappa shape index (κ2) is 7.31. The molecule has 0 aliphatic carbocycles. The van der Waals surface area contributed by atoms with Crippen molar-refractivity contribution in [3.63, 3.8) is 0 Å². The quantitative estimate of drug-likeness (QED) is 0.628. The molecule has 24 heavy (non-hydrogen) atoms. The lowest BCUT2D eigenvalue weighted by atomic mass is 10.2. The summed E-state index contributed by atoms with van der Waals surface area (Å²) >= 11 is 3.39. The van der Waals surface area contributed by atoms with E-state index in [1.165, 1.54) is 0 Å². The normalized spacial score (nSPS) is 13.6. The molecule has 0 saturated heterocycles. The topological polar surface area (TPSA) is 64.6 Å². The number of carbonyl (C=O) groups excluding carboxylic acids is 2. The van der Waals surface area contributed by atoms with Gasteiger partial charge in [0, 0.05) is 15.7 Å². The van der Waals surface area contributed by atoms with Crippen molar-refractivity contribution in [1.82, 2.24) is 0 Å². The Balaban J connectivity index is 1.74. The Kier molecular flexibility index (Phi) is 4.96. The van der Waals surface area contributed by atoms with Crippen LogP contribution in [0.5, 0.6) is 0 Å². The summed E-state index contributed by atoms with van der Waals surface area (Å²) in [6.45, 7) is -0.107. The second-order valence-electron chi connectivity index (χ2n) is 5.07. The maximum atomic E-state index is 12.3. The summed E-state index contributed by atoms with van der Waals surface area (Å²) in [7, 11) is 0. The van der Waals surface area contributed by atoms with Crippen LogP contribution in [0.2, 0.25) is 0 Å². The van der Waals surface area contributed by atoms with Gasteiger partial charge in [-0.3, -0.25) is 4.79 Å². The van der Waals surface area contributed by atoms with Crippen LogP contribution in [0.25, 0.3) is 0 Å². The number of ether oxygens (including phenoxy) is 2. The largest absolute Gasteiger partial charge is 0.470 e. The van der Waals surface area contributed by atoms with E-state index >= 15 is 0 Å². The highest BCUT2D eigenvalue weighted by molar-refractivity contribution is 9.10. The Morgan fingerprint density at radius 1 is 1.12 bits per heavy atom. The van der Waals surface area contributed by atoms with Crippen LogP contribution in [0.4, 0.5) is 5.69 Å². The number of hydrogen-bond acceptors (Lipinski definition) is 5. The maximum absolute atomic E-state index is 12.3. The van der Waals surface area contributed by atoms with Gasteiger partial charge >= 0.3 is 5.97 Å². The minimum Gasteiger partial charge on any atom is -0.470 e. The van der Waals surface area contributed by atoms with Gasteiger partial charge in [-0.1, -0.05) is 52.3 Å². The van der Waals surface area contributed by atoms with Gasteiger partial charge in [-0.2, -0.15) is 0 Å². The zero-order valence-corrected chi connectivity index (χ0v) is 14.2. The first-order valence-corrected chi connectivity index (χ1v) is 8.07. The average molecular weight is 388 g/mol. The van der Waals surface area contributed by atoms with Crippen LogP contribution in [0.3, 0.4) is 0 Å². The molecule has 0 fully saturated rings. The molecule has 0 saturated carbocycles. The van der Waals surface area contributed by atoms with Gasteiger partial charge in [0.1, 0.15) is 6.61 Å². The second-order valence-corrected chi connectivity index (χ2v) is 5.93. The van der Waals surface area contributed by atoms with Gasteiger partial charge in [0.15, 0.2) is 12.2 Å². The number of esters is 1. The van der Waals surface area contributed by atoms with Crippen LogP contribution in [0, 0.1) is 0 Å². The fraction of sp³-hybridized carbons (Fsp3) is 0.111. The number of anilines is 1. The van der Waals surface area contributed by atoms with Gasteiger partial charge in [-0.15, -0.1) is 0 Å². The molecule has 0 aromatic heterocycles. The molecule has 5 nitrogen and oxygen atoms in total. The molecular formula is C18H14BrNO4. The van der Waals surface area contributed by atoms with Crippen molar-refractivity contribution in [1.29, 1.82) is 0 Å². The van der Waals surface area contributed by atoms with E-state index in [0.29, 0.717) is 0 Å². The van der Waals surface area contributed by atoms with Gasteiger partial charge in [0.25, 0.3) is 0 Å². The maximum Gasteiger partial charge on any atom is 0.347 e. The minimum atomic E-state index is -0.702. The molecule has 122 valence electrons. The smallest absolute Gasteiger partial charge is 0.347 e. The number of benzene rings is 2. The number of rotatable bonds is 5. The molecule has 0 unspecified atom stereocenters. The molecular weight excluding hydrogens is 374 g/mol. The molecule has 2 aromatic rings. The Labute approximate surface area is 147 Å².